The number of rotatable bonds is 4. The van der Waals surface area contributed by atoms with Crippen molar-refractivity contribution >= 4 is 17.8 Å². The van der Waals surface area contributed by atoms with Crippen molar-refractivity contribution in [3.05, 3.63) is 35.4 Å². The van der Waals surface area contributed by atoms with Gasteiger partial charge in [-0.25, -0.2) is 4.79 Å². The van der Waals surface area contributed by atoms with E-state index in [0.29, 0.717) is 0 Å². The lowest BCUT2D eigenvalue weighted by atomic mass is 9.79. The topological polar surface area (TPSA) is 101 Å². The number of methoxy groups -OCH3 is 1. The maximum absolute atomic E-state index is 12.9. The van der Waals surface area contributed by atoms with Gasteiger partial charge in [0.25, 0.3) is 0 Å². The molecular formula is C18H23N2O5+. The van der Waals surface area contributed by atoms with Crippen molar-refractivity contribution in [2.75, 3.05) is 20.3 Å². The number of quaternary nitrogens is 1. The molecule has 0 unspecified atom stereocenters. The van der Waals surface area contributed by atoms with Gasteiger partial charge in [0.2, 0.25) is 17.4 Å². The number of hydrogen-bond acceptors (Lipinski definition) is 5. The molecular weight excluding hydrogens is 324 g/mol. The highest BCUT2D eigenvalue weighted by molar-refractivity contribution is 6.08. The Kier molecular flexibility index (Phi) is 4.38. The Labute approximate surface area is 146 Å². The van der Waals surface area contributed by atoms with Crippen molar-refractivity contribution in [2.24, 2.45) is 11.8 Å². The van der Waals surface area contributed by atoms with Gasteiger partial charge in [-0.15, -0.1) is 0 Å². The molecule has 0 bridgehead atoms. The van der Waals surface area contributed by atoms with Gasteiger partial charge in [0, 0.05) is 12.1 Å². The van der Waals surface area contributed by atoms with E-state index in [1.807, 2.05) is 31.2 Å². The van der Waals surface area contributed by atoms with Crippen LogP contribution in [0.15, 0.2) is 24.3 Å². The van der Waals surface area contributed by atoms with E-state index in [0.717, 1.165) is 11.1 Å². The lowest BCUT2D eigenvalue weighted by Gasteiger charge is -2.27. The number of carbonyl (C=O) groups excluding carboxylic acids is 3. The number of hydrogen-bond donors (Lipinski definition) is 2. The fourth-order valence-corrected chi connectivity index (χ4v) is 4.34. The number of aliphatic hydroxyl groups is 1. The summed E-state index contributed by atoms with van der Waals surface area (Å²) in [5.74, 6) is -3.01. The minimum atomic E-state index is -1.50. The van der Waals surface area contributed by atoms with Crippen LogP contribution in [0.4, 0.5) is 0 Å². The van der Waals surface area contributed by atoms with Crippen LogP contribution in [-0.4, -0.2) is 53.6 Å². The van der Waals surface area contributed by atoms with E-state index in [9.17, 15) is 19.5 Å². The number of aliphatic hydroxyl groups excluding tert-OH is 1. The molecule has 2 heterocycles. The number of carbonyl (C=O) groups is 3. The Morgan fingerprint density at radius 3 is 2.56 bits per heavy atom. The smallest absolute Gasteiger partial charge is 0.371 e. The van der Waals surface area contributed by atoms with Crippen molar-refractivity contribution in [3.8, 4) is 0 Å². The van der Waals surface area contributed by atoms with Crippen LogP contribution in [0.5, 0.6) is 0 Å². The van der Waals surface area contributed by atoms with Gasteiger partial charge in [0.1, 0.15) is 24.5 Å². The van der Waals surface area contributed by atoms with E-state index in [1.54, 1.807) is 12.2 Å². The summed E-state index contributed by atoms with van der Waals surface area (Å²) in [6.07, 6.45) is 0. The molecule has 2 saturated heterocycles. The van der Waals surface area contributed by atoms with Gasteiger partial charge in [-0.3, -0.25) is 14.5 Å². The highest BCUT2D eigenvalue weighted by Gasteiger charge is 2.72. The average Bonchev–Trinajstić information content (AvgIpc) is 3.09. The van der Waals surface area contributed by atoms with Gasteiger partial charge in [0.15, 0.2) is 0 Å². The number of benzene rings is 1. The van der Waals surface area contributed by atoms with Crippen molar-refractivity contribution in [1.29, 1.82) is 0 Å². The van der Waals surface area contributed by atoms with Crippen molar-refractivity contribution < 1.29 is 29.5 Å². The Morgan fingerprint density at radius 2 is 2.00 bits per heavy atom. The van der Waals surface area contributed by atoms with Crippen LogP contribution in [0.1, 0.15) is 24.1 Å². The van der Waals surface area contributed by atoms with E-state index in [2.05, 4.69) is 0 Å². The standard InChI is InChI=1S/C18H22N2O5/c1-4-20-15(22)12-13(16(20)23)18(9-21,17(24)25-3)19-14(12)11-8-6-5-7-10(11)2/h5-8,12-14,19,21H,4,9H2,1-3H3/p+1/t12-,13-,14-,18+/m0/s1. The number of likely N-dealkylation sites (tertiary alicyclic amines) is 1. The molecule has 2 amide bonds. The zero-order chi connectivity index (χ0) is 18.4. The Bertz CT molecular complexity index is 734. The van der Waals surface area contributed by atoms with Crippen LogP contribution in [0, 0.1) is 18.8 Å². The monoisotopic (exact) mass is 347 g/mol. The first kappa shape index (κ1) is 17.6. The minimum absolute atomic E-state index is 0.244. The second kappa shape index (κ2) is 6.24. The summed E-state index contributed by atoms with van der Waals surface area (Å²) in [5, 5.41) is 11.7. The highest BCUT2D eigenvalue weighted by atomic mass is 16.5. The number of imide groups is 1. The third kappa shape index (κ3) is 2.30. The predicted octanol–water partition coefficient (Wildman–Crippen LogP) is -0.862. The van der Waals surface area contributed by atoms with E-state index < -0.39 is 41.9 Å². The first-order valence-electron chi connectivity index (χ1n) is 8.39. The molecule has 2 aliphatic rings. The lowest BCUT2D eigenvalue weighted by Crippen LogP contribution is -2.99. The molecule has 134 valence electrons. The SMILES string of the molecule is CCN1C(=O)[C@H]2[C@@H](C1=O)[C@](CO)(C(=O)OC)[NH2+][C@H]2c1ccccc1C. The molecule has 1 aromatic carbocycles. The maximum Gasteiger partial charge on any atom is 0.371 e. The van der Waals surface area contributed by atoms with Gasteiger partial charge in [0.05, 0.1) is 7.11 Å². The molecule has 4 atom stereocenters. The maximum atomic E-state index is 12.9. The second-order valence-corrected chi connectivity index (χ2v) is 6.66. The predicted molar refractivity (Wildman–Crippen MR) is 87.1 cm³/mol. The van der Waals surface area contributed by atoms with Gasteiger partial charge in [-0.1, -0.05) is 24.3 Å². The van der Waals surface area contributed by atoms with Gasteiger partial charge >= 0.3 is 5.97 Å². The summed E-state index contributed by atoms with van der Waals surface area (Å²) in [5.41, 5.74) is 0.357. The first-order valence-corrected chi connectivity index (χ1v) is 8.39. The molecule has 0 radical (unpaired) electrons. The second-order valence-electron chi connectivity index (χ2n) is 6.66. The molecule has 25 heavy (non-hydrogen) atoms. The van der Waals surface area contributed by atoms with Crippen molar-refractivity contribution in [3.63, 3.8) is 0 Å². The summed E-state index contributed by atoms with van der Waals surface area (Å²) < 4.78 is 4.89. The van der Waals surface area contributed by atoms with E-state index in [4.69, 9.17) is 4.74 Å². The Morgan fingerprint density at radius 1 is 1.32 bits per heavy atom. The van der Waals surface area contributed by atoms with Gasteiger partial charge in [-0.2, -0.15) is 0 Å². The summed E-state index contributed by atoms with van der Waals surface area (Å²) >= 11 is 0. The quantitative estimate of drug-likeness (QED) is 0.545. The Balaban J connectivity index is 2.17. The molecule has 7 heteroatoms. The van der Waals surface area contributed by atoms with Crippen molar-refractivity contribution in [2.45, 2.75) is 25.4 Å². The fraction of sp³-hybridized carbons (Fsp3) is 0.500. The van der Waals surface area contributed by atoms with Crippen LogP contribution in [0.2, 0.25) is 0 Å². The highest BCUT2D eigenvalue weighted by Crippen LogP contribution is 2.44. The summed E-state index contributed by atoms with van der Waals surface area (Å²) in [4.78, 5) is 39.4. The molecule has 3 N–H and O–H groups in total. The lowest BCUT2D eigenvalue weighted by molar-refractivity contribution is -0.735. The normalized spacial score (nSPS) is 31.4. The third-order valence-electron chi connectivity index (χ3n) is 5.55. The van der Waals surface area contributed by atoms with Crippen molar-refractivity contribution in [1.82, 2.24) is 4.90 Å². The molecule has 0 aliphatic carbocycles. The molecule has 0 spiro atoms. The van der Waals surface area contributed by atoms with E-state index in [-0.39, 0.29) is 12.5 Å². The van der Waals surface area contributed by atoms with E-state index >= 15 is 0 Å². The molecule has 7 nitrogen and oxygen atoms in total. The number of ether oxygens (including phenoxy) is 1. The third-order valence-corrected chi connectivity index (χ3v) is 5.55. The molecule has 1 aromatic rings. The average molecular weight is 347 g/mol. The summed E-state index contributed by atoms with van der Waals surface area (Å²) in [7, 11) is 1.22. The summed E-state index contributed by atoms with van der Waals surface area (Å²) in [6, 6.07) is 7.15. The number of esters is 1. The first-order chi connectivity index (χ1) is 11.9. The molecule has 2 aliphatic heterocycles. The van der Waals surface area contributed by atoms with Crippen LogP contribution in [0.3, 0.4) is 0 Å². The molecule has 0 saturated carbocycles. The molecule has 3 rings (SSSR count). The fourth-order valence-electron chi connectivity index (χ4n) is 4.34. The number of nitrogens with two attached hydrogens (primary N) is 1. The van der Waals surface area contributed by atoms with E-state index in [1.165, 1.54) is 12.0 Å². The van der Waals surface area contributed by atoms with Crippen LogP contribution >= 0.6 is 0 Å². The van der Waals surface area contributed by atoms with Gasteiger partial charge in [-0.05, 0) is 19.4 Å². The van der Waals surface area contributed by atoms with Crippen LogP contribution in [0.25, 0.3) is 0 Å². The largest absolute Gasteiger partial charge is 0.464 e. The summed E-state index contributed by atoms with van der Waals surface area (Å²) in [6.45, 7) is 3.32. The minimum Gasteiger partial charge on any atom is -0.464 e. The Hall–Kier alpha value is -2.25. The number of fused-ring (bicyclic) bond motifs is 1. The zero-order valence-corrected chi connectivity index (χ0v) is 14.6. The van der Waals surface area contributed by atoms with Gasteiger partial charge < -0.3 is 15.2 Å². The van der Waals surface area contributed by atoms with Crippen LogP contribution in [-0.2, 0) is 19.1 Å². The zero-order valence-electron chi connectivity index (χ0n) is 14.6. The number of nitrogens with zero attached hydrogens (tertiary/aromatic N) is 1. The molecule has 0 aromatic heterocycles. The molecule has 2 fully saturated rings. The van der Waals surface area contributed by atoms with Crippen LogP contribution < -0.4 is 5.32 Å². The number of aryl methyl sites for hydroxylation is 1. The number of amides is 2.